The zero-order valence-corrected chi connectivity index (χ0v) is 12.7. The first-order valence-corrected chi connectivity index (χ1v) is 6.94. The van der Waals surface area contributed by atoms with Crippen LogP contribution >= 0.6 is 11.6 Å². The Balaban J connectivity index is 2.47. The van der Waals surface area contributed by atoms with Crippen molar-refractivity contribution in [1.82, 2.24) is 9.55 Å². The molecule has 0 saturated heterocycles. The zero-order chi connectivity index (χ0) is 14.5. The van der Waals surface area contributed by atoms with Crippen LogP contribution in [0.25, 0.3) is 11.0 Å². The summed E-state index contributed by atoms with van der Waals surface area (Å²) in [5.74, 6) is 2.57. The van der Waals surface area contributed by atoms with Crippen molar-refractivity contribution in [1.29, 1.82) is 0 Å². The van der Waals surface area contributed by atoms with Crippen LogP contribution in [0.4, 0.5) is 0 Å². The lowest BCUT2D eigenvalue weighted by Crippen LogP contribution is -2.05. The fourth-order valence-electron chi connectivity index (χ4n) is 2.22. The Morgan fingerprint density at radius 3 is 2.45 bits per heavy atom. The summed E-state index contributed by atoms with van der Waals surface area (Å²) >= 11 is 5.99. The Labute approximate surface area is 123 Å². The van der Waals surface area contributed by atoms with Crippen molar-refractivity contribution in [3.8, 4) is 11.5 Å². The fourth-order valence-corrected chi connectivity index (χ4v) is 2.42. The molecule has 0 aliphatic carbocycles. The number of hydrogen-bond donors (Lipinski definition) is 0. The van der Waals surface area contributed by atoms with E-state index in [-0.39, 0.29) is 0 Å². The number of methoxy groups -OCH3 is 3. The lowest BCUT2D eigenvalue weighted by Gasteiger charge is -2.10. The summed E-state index contributed by atoms with van der Waals surface area (Å²) < 4.78 is 17.8. The summed E-state index contributed by atoms with van der Waals surface area (Å²) in [6.45, 7) is 1.51. The third-order valence-electron chi connectivity index (χ3n) is 3.18. The van der Waals surface area contributed by atoms with Crippen molar-refractivity contribution in [2.45, 2.75) is 18.8 Å². The maximum Gasteiger partial charge on any atom is 0.163 e. The van der Waals surface area contributed by atoms with Crippen molar-refractivity contribution in [2.75, 3.05) is 27.9 Å². The summed E-state index contributed by atoms with van der Waals surface area (Å²) in [6, 6.07) is 3.81. The standard InChI is InChI=1S/C14H19ClN2O3/c1-18-6-4-5-17-11-8-13(20-3)12(19-2)7-10(11)16-14(17)9-15/h7-8H,4-6,9H2,1-3H3. The SMILES string of the molecule is COCCCn1c(CCl)nc2cc(OC)c(OC)cc21. The molecule has 20 heavy (non-hydrogen) atoms. The van der Waals surface area contributed by atoms with Crippen LogP contribution in [0.1, 0.15) is 12.2 Å². The van der Waals surface area contributed by atoms with Gasteiger partial charge in [0.15, 0.2) is 11.5 Å². The van der Waals surface area contributed by atoms with Gasteiger partial charge in [-0.3, -0.25) is 0 Å². The number of halogens is 1. The van der Waals surface area contributed by atoms with E-state index in [0.29, 0.717) is 24.0 Å². The maximum absolute atomic E-state index is 5.99. The molecular weight excluding hydrogens is 280 g/mol. The highest BCUT2D eigenvalue weighted by atomic mass is 35.5. The van der Waals surface area contributed by atoms with Crippen molar-refractivity contribution >= 4 is 22.6 Å². The summed E-state index contributed by atoms with van der Waals surface area (Å²) in [5, 5.41) is 0. The summed E-state index contributed by atoms with van der Waals surface area (Å²) in [4.78, 5) is 4.55. The van der Waals surface area contributed by atoms with Gasteiger partial charge in [0.2, 0.25) is 0 Å². The number of alkyl halides is 1. The second-order valence-corrected chi connectivity index (χ2v) is 4.62. The van der Waals surface area contributed by atoms with Crippen LogP contribution in [0.3, 0.4) is 0 Å². The molecule has 0 unspecified atom stereocenters. The van der Waals surface area contributed by atoms with E-state index in [9.17, 15) is 0 Å². The lowest BCUT2D eigenvalue weighted by atomic mass is 10.2. The van der Waals surface area contributed by atoms with Crippen LogP contribution in [0.15, 0.2) is 12.1 Å². The van der Waals surface area contributed by atoms with Crippen LogP contribution in [-0.4, -0.2) is 37.5 Å². The minimum atomic E-state index is 0.367. The van der Waals surface area contributed by atoms with E-state index in [1.165, 1.54) is 0 Å². The van der Waals surface area contributed by atoms with Gasteiger partial charge < -0.3 is 18.8 Å². The molecule has 0 saturated carbocycles. The Morgan fingerprint density at radius 2 is 1.85 bits per heavy atom. The molecule has 2 rings (SSSR count). The van der Waals surface area contributed by atoms with E-state index in [1.54, 1.807) is 21.3 Å². The predicted octanol–water partition coefficient (Wildman–Crippen LogP) is 2.83. The first kappa shape index (κ1) is 14.9. The molecule has 0 N–H and O–H groups in total. The van der Waals surface area contributed by atoms with Gasteiger partial charge in [0.05, 0.1) is 31.1 Å². The van der Waals surface area contributed by atoms with Gasteiger partial charge in [-0.2, -0.15) is 0 Å². The maximum atomic E-state index is 5.99. The number of imidazole rings is 1. The highest BCUT2D eigenvalue weighted by molar-refractivity contribution is 6.16. The monoisotopic (exact) mass is 298 g/mol. The molecule has 0 atom stereocenters. The molecule has 1 heterocycles. The molecule has 1 aromatic carbocycles. The highest BCUT2D eigenvalue weighted by Crippen LogP contribution is 2.32. The van der Waals surface area contributed by atoms with Crippen LogP contribution in [0, 0.1) is 0 Å². The molecule has 0 spiro atoms. The number of fused-ring (bicyclic) bond motifs is 1. The number of rotatable bonds is 7. The van der Waals surface area contributed by atoms with Gasteiger partial charge in [-0.05, 0) is 6.42 Å². The molecule has 0 aliphatic heterocycles. The van der Waals surface area contributed by atoms with E-state index in [2.05, 4.69) is 9.55 Å². The fraction of sp³-hybridized carbons (Fsp3) is 0.500. The summed E-state index contributed by atoms with van der Waals surface area (Å²) in [7, 11) is 4.93. The molecule has 0 bridgehead atoms. The van der Waals surface area contributed by atoms with Gasteiger partial charge in [-0.1, -0.05) is 0 Å². The quantitative estimate of drug-likeness (QED) is 0.582. The molecule has 0 fully saturated rings. The lowest BCUT2D eigenvalue weighted by molar-refractivity contribution is 0.190. The molecule has 0 radical (unpaired) electrons. The molecule has 5 nitrogen and oxygen atoms in total. The predicted molar refractivity (Wildman–Crippen MR) is 78.9 cm³/mol. The molecular formula is C14H19ClN2O3. The van der Waals surface area contributed by atoms with E-state index in [4.69, 9.17) is 25.8 Å². The van der Waals surface area contributed by atoms with Crippen LogP contribution in [-0.2, 0) is 17.2 Å². The Kier molecular flexibility index (Phi) is 5.09. The summed E-state index contributed by atoms with van der Waals surface area (Å²) in [6.07, 6.45) is 0.903. The van der Waals surface area contributed by atoms with Crippen molar-refractivity contribution in [2.24, 2.45) is 0 Å². The Bertz CT molecular complexity index is 583. The van der Waals surface area contributed by atoms with Gasteiger partial charge in [-0.15, -0.1) is 11.6 Å². The zero-order valence-electron chi connectivity index (χ0n) is 12.0. The van der Waals surface area contributed by atoms with E-state index < -0.39 is 0 Å². The van der Waals surface area contributed by atoms with Crippen LogP contribution in [0.5, 0.6) is 11.5 Å². The third-order valence-corrected chi connectivity index (χ3v) is 3.42. The Hall–Kier alpha value is -1.46. The number of hydrogen-bond acceptors (Lipinski definition) is 4. The molecule has 6 heteroatoms. The number of aromatic nitrogens is 2. The first-order valence-electron chi connectivity index (χ1n) is 6.41. The average molecular weight is 299 g/mol. The van der Waals surface area contributed by atoms with Gasteiger partial charge in [0.25, 0.3) is 0 Å². The normalized spacial score (nSPS) is 11.0. The molecule has 1 aromatic heterocycles. The smallest absolute Gasteiger partial charge is 0.163 e. The molecule has 0 aliphatic rings. The van der Waals surface area contributed by atoms with Gasteiger partial charge in [0.1, 0.15) is 5.82 Å². The second-order valence-electron chi connectivity index (χ2n) is 4.36. The first-order chi connectivity index (χ1) is 9.74. The third kappa shape index (κ3) is 2.83. The minimum Gasteiger partial charge on any atom is -0.493 e. The molecule has 2 aromatic rings. The number of ether oxygens (including phenoxy) is 3. The van der Waals surface area contributed by atoms with Crippen LogP contribution in [0.2, 0.25) is 0 Å². The summed E-state index contributed by atoms with van der Waals surface area (Å²) in [5.41, 5.74) is 1.85. The van der Waals surface area contributed by atoms with Gasteiger partial charge >= 0.3 is 0 Å². The van der Waals surface area contributed by atoms with E-state index in [0.717, 1.165) is 29.8 Å². The highest BCUT2D eigenvalue weighted by Gasteiger charge is 2.14. The number of aryl methyl sites for hydroxylation is 1. The topological polar surface area (TPSA) is 45.5 Å². The van der Waals surface area contributed by atoms with Crippen molar-refractivity contribution < 1.29 is 14.2 Å². The molecule has 110 valence electrons. The van der Waals surface area contributed by atoms with E-state index in [1.807, 2.05) is 12.1 Å². The van der Waals surface area contributed by atoms with Crippen molar-refractivity contribution in [3.63, 3.8) is 0 Å². The number of nitrogens with zero attached hydrogens (tertiary/aromatic N) is 2. The van der Waals surface area contributed by atoms with Crippen molar-refractivity contribution in [3.05, 3.63) is 18.0 Å². The Morgan fingerprint density at radius 1 is 1.15 bits per heavy atom. The van der Waals surface area contributed by atoms with E-state index >= 15 is 0 Å². The largest absolute Gasteiger partial charge is 0.493 e. The second kappa shape index (κ2) is 6.81. The van der Waals surface area contributed by atoms with Gasteiger partial charge in [0, 0.05) is 32.4 Å². The number of benzene rings is 1. The average Bonchev–Trinajstić information content (AvgIpc) is 2.83. The van der Waals surface area contributed by atoms with Crippen LogP contribution < -0.4 is 9.47 Å². The van der Waals surface area contributed by atoms with Gasteiger partial charge in [-0.25, -0.2) is 4.98 Å². The molecule has 0 amide bonds. The minimum absolute atomic E-state index is 0.367.